The number of fused-ring (bicyclic) bond motifs is 1. The Morgan fingerprint density at radius 3 is 2.62 bits per heavy atom. The van der Waals surface area contributed by atoms with Crippen molar-refractivity contribution in [2.75, 3.05) is 0 Å². The summed E-state index contributed by atoms with van der Waals surface area (Å²) in [4.78, 5) is 19.0. The Morgan fingerprint density at radius 2 is 1.90 bits per heavy atom. The van der Waals surface area contributed by atoms with E-state index in [1.54, 1.807) is 12.1 Å². The highest BCUT2D eigenvalue weighted by atomic mass is 16.6. The number of nitrogens with two attached hydrogens (primary N) is 2. The normalized spacial score (nSPS) is 24.8. The summed E-state index contributed by atoms with van der Waals surface area (Å²) in [5.74, 6) is -0.161. The lowest BCUT2D eigenvalue weighted by Crippen LogP contribution is -2.52. The van der Waals surface area contributed by atoms with Crippen LogP contribution in [0.2, 0.25) is 0 Å². The smallest absolute Gasteiger partial charge is 0.337 e. The highest BCUT2D eigenvalue weighted by molar-refractivity contribution is 6.09. The molecule has 0 saturated heterocycles. The van der Waals surface area contributed by atoms with Crippen molar-refractivity contribution in [3.8, 4) is 0 Å². The van der Waals surface area contributed by atoms with Gasteiger partial charge in [0.25, 0.3) is 0 Å². The van der Waals surface area contributed by atoms with Gasteiger partial charge >= 0.3 is 5.54 Å². The molecule has 0 aromatic heterocycles. The second-order valence-corrected chi connectivity index (χ2v) is 4.76. The third kappa shape index (κ3) is 1.86. The predicted molar refractivity (Wildman–Crippen MR) is 80.7 cm³/mol. The van der Waals surface area contributed by atoms with E-state index in [0.29, 0.717) is 5.56 Å². The molecule has 21 heavy (non-hydrogen) atoms. The van der Waals surface area contributed by atoms with E-state index in [1.807, 2.05) is 30.3 Å². The number of amidine groups is 1. The molecule has 0 saturated carbocycles. The molecule has 2 unspecified atom stereocenters. The van der Waals surface area contributed by atoms with Gasteiger partial charge in [0.2, 0.25) is 0 Å². The van der Waals surface area contributed by atoms with Gasteiger partial charge in [0.15, 0.2) is 12.1 Å². The van der Waals surface area contributed by atoms with Crippen LogP contribution in [0.5, 0.6) is 0 Å². The fourth-order valence-corrected chi connectivity index (χ4v) is 2.53. The van der Waals surface area contributed by atoms with Gasteiger partial charge in [-0.2, -0.15) is 0 Å². The molecule has 7 heteroatoms. The van der Waals surface area contributed by atoms with Crippen LogP contribution in [-0.2, 0) is 5.54 Å². The number of nitro groups is 1. The first kappa shape index (κ1) is 13.2. The van der Waals surface area contributed by atoms with Crippen LogP contribution in [0.1, 0.15) is 5.56 Å². The van der Waals surface area contributed by atoms with Gasteiger partial charge in [-0.05, 0) is 10.8 Å². The summed E-state index contributed by atoms with van der Waals surface area (Å²) in [6.45, 7) is 0. The molecule has 4 N–H and O–H groups in total. The van der Waals surface area contributed by atoms with Gasteiger partial charge in [-0.25, -0.2) is 9.98 Å². The van der Waals surface area contributed by atoms with Crippen molar-refractivity contribution in [2.45, 2.75) is 11.8 Å². The molecule has 3 rings (SSSR count). The van der Waals surface area contributed by atoms with E-state index < -0.39 is 16.8 Å². The van der Waals surface area contributed by atoms with Crippen molar-refractivity contribution in [3.05, 3.63) is 58.1 Å². The van der Waals surface area contributed by atoms with Gasteiger partial charge in [0.1, 0.15) is 0 Å². The van der Waals surface area contributed by atoms with Crippen molar-refractivity contribution in [3.63, 3.8) is 0 Å². The van der Waals surface area contributed by atoms with Crippen LogP contribution in [0, 0.1) is 10.1 Å². The van der Waals surface area contributed by atoms with Crippen LogP contribution in [0.15, 0.2) is 52.4 Å². The van der Waals surface area contributed by atoms with Gasteiger partial charge in [0.05, 0.1) is 11.8 Å². The molecule has 7 nitrogen and oxygen atoms in total. The minimum atomic E-state index is -1.78. The van der Waals surface area contributed by atoms with E-state index in [-0.39, 0.29) is 5.84 Å². The van der Waals surface area contributed by atoms with Crippen LogP contribution < -0.4 is 11.5 Å². The van der Waals surface area contributed by atoms with Crippen LogP contribution in [-0.4, -0.2) is 23.3 Å². The molecule has 2 atom stereocenters. The third-order valence-corrected chi connectivity index (χ3v) is 3.56. The molecule has 0 aliphatic carbocycles. The van der Waals surface area contributed by atoms with Crippen molar-refractivity contribution >= 4 is 22.8 Å². The number of aliphatic imine (C=N–C) groups is 2. The highest BCUT2D eigenvalue weighted by Gasteiger charge is 2.50. The lowest BCUT2D eigenvalue weighted by atomic mass is 9.86. The average molecular weight is 283 g/mol. The summed E-state index contributed by atoms with van der Waals surface area (Å²) in [5, 5.41) is 13.4. The van der Waals surface area contributed by atoms with Crippen LogP contribution in [0.4, 0.5) is 0 Å². The molecule has 2 aromatic carbocycles. The number of rotatable bonds is 2. The van der Waals surface area contributed by atoms with Gasteiger partial charge in [-0.3, -0.25) is 15.8 Å². The highest BCUT2D eigenvalue weighted by Crippen LogP contribution is 2.32. The molecule has 0 spiro atoms. The summed E-state index contributed by atoms with van der Waals surface area (Å²) in [7, 11) is 0. The van der Waals surface area contributed by atoms with Crippen molar-refractivity contribution in [2.24, 2.45) is 21.5 Å². The number of nitrogens with zero attached hydrogens (tertiary/aromatic N) is 3. The standard InChI is InChI=1S/C14H13N5O2/c15-12-14(19(20)21,8-17-13(16)18-12)11-7-3-5-9-4-1-2-6-10(9)11/h1-8,13H,16H2,(H2,15,18). The lowest BCUT2D eigenvalue weighted by molar-refractivity contribution is -0.532. The second kappa shape index (κ2) is 4.64. The number of benzene rings is 2. The monoisotopic (exact) mass is 283 g/mol. The lowest BCUT2D eigenvalue weighted by Gasteiger charge is -2.25. The first-order valence-electron chi connectivity index (χ1n) is 6.32. The first-order valence-corrected chi connectivity index (χ1v) is 6.32. The zero-order chi connectivity index (χ0) is 15.0. The molecule has 106 valence electrons. The van der Waals surface area contributed by atoms with Crippen molar-refractivity contribution in [1.82, 2.24) is 0 Å². The van der Waals surface area contributed by atoms with E-state index in [2.05, 4.69) is 9.98 Å². The average Bonchev–Trinajstić information content (AvgIpc) is 2.47. The molecule has 0 radical (unpaired) electrons. The zero-order valence-electron chi connectivity index (χ0n) is 11.0. The maximum absolute atomic E-state index is 11.8. The SMILES string of the molecule is NC1=NC(N)N=CC1(c1cccc2ccccc12)[N+](=O)[O-]. The molecule has 1 aliphatic rings. The molecule has 1 heterocycles. The molecular formula is C14H13N5O2. The van der Waals surface area contributed by atoms with Gasteiger partial charge in [0, 0.05) is 4.92 Å². The maximum Gasteiger partial charge on any atom is 0.337 e. The van der Waals surface area contributed by atoms with E-state index in [4.69, 9.17) is 11.5 Å². The fourth-order valence-electron chi connectivity index (χ4n) is 2.53. The van der Waals surface area contributed by atoms with E-state index in [1.165, 1.54) is 6.21 Å². The molecule has 0 bridgehead atoms. The van der Waals surface area contributed by atoms with E-state index in [9.17, 15) is 10.1 Å². The summed E-state index contributed by atoms with van der Waals surface area (Å²) in [5.41, 5.74) is 10.1. The molecule has 0 fully saturated rings. The second-order valence-electron chi connectivity index (χ2n) is 4.76. The quantitative estimate of drug-likeness (QED) is 0.630. The Kier molecular flexibility index (Phi) is 2.91. The molecule has 0 amide bonds. The Morgan fingerprint density at radius 1 is 1.19 bits per heavy atom. The maximum atomic E-state index is 11.8. The van der Waals surface area contributed by atoms with Crippen molar-refractivity contribution < 1.29 is 4.92 Å². The minimum Gasteiger partial charge on any atom is -0.381 e. The van der Waals surface area contributed by atoms with Gasteiger partial charge < -0.3 is 5.73 Å². The Hall–Kier alpha value is -2.80. The van der Waals surface area contributed by atoms with Crippen LogP contribution in [0.25, 0.3) is 10.8 Å². The molecule has 2 aromatic rings. The Balaban J connectivity index is 2.35. The molecular weight excluding hydrogens is 270 g/mol. The van der Waals surface area contributed by atoms with Crippen LogP contribution >= 0.6 is 0 Å². The minimum absolute atomic E-state index is 0.161. The topological polar surface area (TPSA) is 120 Å². The number of hydrogen-bond acceptors (Lipinski definition) is 6. The summed E-state index contributed by atoms with van der Waals surface area (Å²) < 4.78 is 0. The first-order chi connectivity index (χ1) is 10.1. The summed E-state index contributed by atoms with van der Waals surface area (Å²) in [6.07, 6.45) is 0.287. The number of hydrogen-bond donors (Lipinski definition) is 2. The zero-order valence-corrected chi connectivity index (χ0v) is 11.0. The summed E-state index contributed by atoms with van der Waals surface area (Å²) >= 11 is 0. The van der Waals surface area contributed by atoms with Crippen molar-refractivity contribution in [1.29, 1.82) is 0 Å². The van der Waals surface area contributed by atoms with Gasteiger partial charge in [-0.1, -0.05) is 42.5 Å². The molecule has 1 aliphatic heterocycles. The van der Waals surface area contributed by atoms with E-state index >= 15 is 0 Å². The largest absolute Gasteiger partial charge is 0.381 e. The Bertz CT molecular complexity index is 781. The summed E-state index contributed by atoms with van der Waals surface area (Å²) in [6, 6.07) is 12.7. The van der Waals surface area contributed by atoms with Crippen LogP contribution in [0.3, 0.4) is 0 Å². The van der Waals surface area contributed by atoms with E-state index in [0.717, 1.165) is 10.8 Å². The predicted octanol–water partition coefficient (Wildman–Crippen LogP) is 0.996. The third-order valence-electron chi connectivity index (χ3n) is 3.56. The fraction of sp³-hybridized carbons (Fsp3) is 0.143. The van der Waals surface area contributed by atoms with Gasteiger partial charge in [-0.15, -0.1) is 0 Å². The Labute approximate surface area is 120 Å².